The minimum atomic E-state index is -3.60. The van der Waals surface area contributed by atoms with Crippen LogP contribution in [-0.2, 0) is 19.6 Å². The lowest BCUT2D eigenvalue weighted by Gasteiger charge is -2.33. The molecule has 1 aliphatic rings. The third kappa shape index (κ3) is 5.10. The molecule has 0 N–H and O–H groups in total. The first-order valence-corrected chi connectivity index (χ1v) is 11.7. The van der Waals surface area contributed by atoms with Gasteiger partial charge in [0, 0.05) is 31.7 Å². The molecule has 2 aromatic carbocycles. The van der Waals surface area contributed by atoms with Crippen LogP contribution in [-0.4, -0.2) is 72.4 Å². The molecule has 4 rings (SSSR count). The van der Waals surface area contributed by atoms with E-state index in [-0.39, 0.29) is 42.5 Å². The molecule has 172 valence electrons. The van der Waals surface area contributed by atoms with Crippen molar-refractivity contribution in [1.82, 2.24) is 19.3 Å². The highest BCUT2D eigenvalue weighted by atomic mass is 32.2. The third-order valence-electron chi connectivity index (χ3n) is 5.19. The fourth-order valence-electron chi connectivity index (χ4n) is 3.38. The summed E-state index contributed by atoms with van der Waals surface area (Å²) in [6.45, 7) is 2.08. The maximum Gasteiger partial charge on any atom is 0.338 e. The monoisotopic (exact) mass is 470 g/mol. The second-order valence-corrected chi connectivity index (χ2v) is 9.34. The van der Waals surface area contributed by atoms with Crippen molar-refractivity contribution in [3.05, 3.63) is 66.0 Å². The maximum absolute atomic E-state index is 12.7. The average Bonchev–Trinajstić information content (AvgIpc) is 3.29. The molecule has 1 aromatic heterocycles. The van der Waals surface area contributed by atoms with E-state index in [9.17, 15) is 18.0 Å². The minimum absolute atomic E-state index is 0.174. The molecule has 0 unspecified atom stereocenters. The van der Waals surface area contributed by atoms with Gasteiger partial charge in [0.15, 0.2) is 12.4 Å². The number of carbonyl (C=O) groups excluding carboxylic acids is 2. The van der Waals surface area contributed by atoms with Gasteiger partial charge in [-0.3, -0.25) is 4.79 Å². The molecule has 0 bridgehead atoms. The van der Waals surface area contributed by atoms with E-state index in [1.807, 2.05) is 0 Å². The van der Waals surface area contributed by atoms with Crippen LogP contribution in [0.1, 0.15) is 16.2 Å². The molecule has 1 fully saturated rings. The Labute approximate surface area is 190 Å². The fourth-order valence-corrected chi connectivity index (χ4v) is 4.83. The lowest BCUT2D eigenvalue weighted by Crippen LogP contribution is -2.51. The van der Waals surface area contributed by atoms with E-state index in [2.05, 4.69) is 10.1 Å². The van der Waals surface area contributed by atoms with Gasteiger partial charge in [0.1, 0.15) is 0 Å². The van der Waals surface area contributed by atoms with E-state index in [1.165, 1.54) is 9.21 Å². The number of rotatable bonds is 6. The number of nitrogens with zero attached hydrogens (tertiary/aromatic N) is 4. The summed E-state index contributed by atoms with van der Waals surface area (Å²) < 4.78 is 37.0. The maximum atomic E-state index is 12.7. The zero-order valence-electron chi connectivity index (χ0n) is 17.9. The lowest BCUT2D eigenvalue weighted by atomic mass is 10.1. The molecule has 3 aromatic rings. The molecular weight excluding hydrogens is 448 g/mol. The third-order valence-corrected chi connectivity index (χ3v) is 7.11. The van der Waals surface area contributed by atoms with Gasteiger partial charge in [-0.25, -0.2) is 13.2 Å². The van der Waals surface area contributed by atoms with Crippen LogP contribution < -0.4 is 0 Å². The van der Waals surface area contributed by atoms with Crippen LogP contribution >= 0.6 is 0 Å². The molecule has 0 atom stereocenters. The van der Waals surface area contributed by atoms with Crippen molar-refractivity contribution >= 4 is 21.9 Å². The summed E-state index contributed by atoms with van der Waals surface area (Å²) in [5.41, 5.74) is 0.938. The summed E-state index contributed by atoms with van der Waals surface area (Å²) in [7, 11) is -3.60. The topological polar surface area (TPSA) is 123 Å². The van der Waals surface area contributed by atoms with E-state index in [0.29, 0.717) is 17.3 Å². The van der Waals surface area contributed by atoms with Crippen molar-refractivity contribution in [3.8, 4) is 11.5 Å². The van der Waals surface area contributed by atoms with Crippen LogP contribution in [0.25, 0.3) is 11.5 Å². The van der Waals surface area contributed by atoms with Crippen LogP contribution in [0.2, 0.25) is 0 Å². The number of benzene rings is 2. The quantitative estimate of drug-likeness (QED) is 0.499. The van der Waals surface area contributed by atoms with Gasteiger partial charge < -0.3 is 14.2 Å². The molecule has 0 aliphatic carbocycles. The highest BCUT2D eigenvalue weighted by Gasteiger charge is 2.30. The Hall–Kier alpha value is -3.57. The van der Waals surface area contributed by atoms with Crippen LogP contribution in [0.4, 0.5) is 0 Å². The highest BCUT2D eigenvalue weighted by molar-refractivity contribution is 7.89. The van der Waals surface area contributed by atoms with E-state index in [1.54, 1.807) is 61.5 Å². The molecule has 0 spiro atoms. The number of amides is 1. The summed E-state index contributed by atoms with van der Waals surface area (Å²) >= 11 is 0. The smallest absolute Gasteiger partial charge is 0.338 e. The molecule has 0 saturated carbocycles. The van der Waals surface area contributed by atoms with Crippen molar-refractivity contribution in [3.63, 3.8) is 0 Å². The zero-order valence-corrected chi connectivity index (χ0v) is 18.7. The Balaban J connectivity index is 1.28. The molecule has 1 saturated heterocycles. The SMILES string of the molecule is Cc1noc(-c2ccc(C(=O)OCC(=O)N3CCN(S(=O)(=O)c4ccccc4)CC3)cc2)n1. The van der Waals surface area contributed by atoms with Gasteiger partial charge in [-0.2, -0.15) is 9.29 Å². The number of hydrogen-bond donors (Lipinski definition) is 0. The van der Waals surface area contributed by atoms with Crippen LogP contribution in [0, 0.1) is 6.92 Å². The summed E-state index contributed by atoms with van der Waals surface area (Å²) in [5, 5.41) is 3.72. The molecule has 1 aliphatic heterocycles. The molecule has 1 amide bonds. The van der Waals surface area contributed by atoms with Crippen LogP contribution in [0.15, 0.2) is 64.0 Å². The first kappa shape index (κ1) is 22.6. The molecule has 2 heterocycles. The lowest BCUT2D eigenvalue weighted by molar-refractivity contribution is -0.135. The highest BCUT2D eigenvalue weighted by Crippen LogP contribution is 2.19. The number of sulfonamides is 1. The van der Waals surface area contributed by atoms with Crippen molar-refractivity contribution in [1.29, 1.82) is 0 Å². The second-order valence-electron chi connectivity index (χ2n) is 7.40. The predicted molar refractivity (Wildman–Crippen MR) is 117 cm³/mol. The van der Waals surface area contributed by atoms with Crippen molar-refractivity contribution in [2.75, 3.05) is 32.8 Å². The Morgan fingerprint density at radius 3 is 2.27 bits per heavy atom. The first-order valence-electron chi connectivity index (χ1n) is 10.3. The van der Waals surface area contributed by atoms with Gasteiger partial charge in [0.05, 0.1) is 10.5 Å². The van der Waals surface area contributed by atoms with E-state index >= 15 is 0 Å². The van der Waals surface area contributed by atoms with Gasteiger partial charge in [0.25, 0.3) is 11.8 Å². The molecular formula is C22H22N4O6S. The molecule has 11 heteroatoms. The standard InChI is InChI=1S/C22H22N4O6S/c1-16-23-21(32-24-16)17-7-9-18(10-8-17)22(28)31-15-20(27)25-11-13-26(14-12-25)33(29,30)19-5-3-2-4-6-19/h2-10H,11-15H2,1H3. The number of esters is 1. The minimum Gasteiger partial charge on any atom is -0.452 e. The van der Waals surface area contributed by atoms with E-state index < -0.39 is 22.6 Å². The Morgan fingerprint density at radius 2 is 1.67 bits per heavy atom. The van der Waals surface area contributed by atoms with Crippen LogP contribution in [0.3, 0.4) is 0 Å². The van der Waals surface area contributed by atoms with Crippen LogP contribution in [0.5, 0.6) is 0 Å². The van der Waals surface area contributed by atoms with Gasteiger partial charge in [-0.1, -0.05) is 23.4 Å². The summed E-state index contributed by atoms with van der Waals surface area (Å²) in [6, 6.07) is 14.6. The summed E-state index contributed by atoms with van der Waals surface area (Å²) in [4.78, 5) is 30.6. The number of carbonyl (C=O) groups is 2. The van der Waals surface area contributed by atoms with Gasteiger partial charge >= 0.3 is 5.97 Å². The number of aryl methyl sites for hydroxylation is 1. The van der Waals surface area contributed by atoms with E-state index in [4.69, 9.17) is 9.26 Å². The summed E-state index contributed by atoms with van der Waals surface area (Å²) in [5.74, 6) is -0.165. The van der Waals surface area contributed by atoms with Gasteiger partial charge in [-0.15, -0.1) is 0 Å². The number of ether oxygens (including phenoxy) is 1. The van der Waals surface area contributed by atoms with Gasteiger partial charge in [0.2, 0.25) is 10.0 Å². The molecule has 10 nitrogen and oxygen atoms in total. The second kappa shape index (κ2) is 9.51. The molecule has 33 heavy (non-hydrogen) atoms. The van der Waals surface area contributed by atoms with Crippen molar-refractivity contribution < 1.29 is 27.3 Å². The summed E-state index contributed by atoms with van der Waals surface area (Å²) in [6.07, 6.45) is 0. The number of hydrogen-bond acceptors (Lipinski definition) is 8. The predicted octanol–water partition coefficient (Wildman–Crippen LogP) is 1.73. The molecule has 0 radical (unpaired) electrons. The first-order chi connectivity index (χ1) is 15.8. The number of piperazine rings is 1. The van der Waals surface area contributed by atoms with E-state index in [0.717, 1.165) is 0 Å². The Morgan fingerprint density at radius 1 is 1.00 bits per heavy atom. The number of aromatic nitrogens is 2. The van der Waals surface area contributed by atoms with Gasteiger partial charge in [-0.05, 0) is 43.3 Å². The largest absolute Gasteiger partial charge is 0.452 e. The van der Waals surface area contributed by atoms with Crippen molar-refractivity contribution in [2.24, 2.45) is 0 Å². The average molecular weight is 471 g/mol. The van der Waals surface area contributed by atoms with Crippen molar-refractivity contribution in [2.45, 2.75) is 11.8 Å². The Kier molecular flexibility index (Phi) is 6.52. The normalized spacial score (nSPS) is 14.8. The zero-order chi connectivity index (χ0) is 23.4. The Bertz CT molecular complexity index is 1230. The fraction of sp³-hybridized carbons (Fsp3) is 0.273.